The summed E-state index contributed by atoms with van der Waals surface area (Å²) >= 11 is 0. The third-order valence-corrected chi connectivity index (χ3v) is 4.13. The van der Waals surface area contributed by atoms with E-state index in [9.17, 15) is 0 Å². The van der Waals surface area contributed by atoms with Crippen molar-refractivity contribution < 1.29 is 0 Å². The van der Waals surface area contributed by atoms with Crippen molar-refractivity contribution in [2.75, 3.05) is 0 Å². The Morgan fingerprint density at radius 2 is 0.151 bits per heavy atom. The van der Waals surface area contributed by atoms with Gasteiger partial charge in [0.2, 0.25) is 6.19 Å². The van der Waals surface area contributed by atoms with Gasteiger partial charge in [-0.15, -0.1) is 0 Å². The Balaban J connectivity index is 4.12. The molecule has 0 bridgehead atoms. The third-order valence-electron chi connectivity index (χ3n) is 4.13. The Labute approximate surface area is 555 Å². The third kappa shape index (κ3) is 82.7. The average molecular weight is 1480 g/mol. The molecule has 0 atom stereocenters. The van der Waals surface area contributed by atoms with Crippen LogP contribution in [0.15, 0.2) is 538 Å². The number of rotatable bonds is 51. The lowest BCUT2D eigenvalue weighted by molar-refractivity contribution is 0.723. The Hall–Kier alpha value is -21.3. The van der Waals surface area contributed by atoms with Crippen LogP contribution in [0.2, 0.25) is 0 Å². The van der Waals surface area contributed by atoms with E-state index in [1.165, 1.54) is 6.19 Å². The fourth-order valence-electron chi connectivity index (χ4n) is 1.83. The first-order valence-electron chi connectivity index (χ1n) is 21.1. The van der Waals surface area contributed by atoms with E-state index >= 15 is 0 Å². The monoisotopic (exact) mass is 1480 g/mol. The van der Waals surface area contributed by atoms with Crippen molar-refractivity contribution >= 4 is 0 Å². The number of hydrogen-bond acceptors (Lipinski definition) is 3. The molecule has 1 N–H and O–H groups in total. The van der Waals surface area contributed by atoms with Crippen LogP contribution in [0.1, 0.15) is 0 Å². The Bertz CT molecular complexity index is 4020. The lowest BCUT2D eigenvalue weighted by atomic mass is 11.5. The lowest BCUT2D eigenvalue weighted by Gasteiger charge is -1.71. The van der Waals surface area contributed by atoms with Crippen molar-refractivity contribution in [2.24, 2.45) is 538 Å². The van der Waals surface area contributed by atoms with Crippen LogP contribution in [0, 0.1) is 17.0 Å². The molecule has 0 spiro atoms. The smallest absolute Gasteiger partial charge is 0.183 e. The van der Waals surface area contributed by atoms with Crippen molar-refractivity contribution in [3.8, 4) is 6.19 Å². The lowest BCUT2D eigenvalue weighted by Crippen LogP contribution is -1.52. The summed E-state index contributed by atoms with van der Waals surface area (Å²) in [6, 6.07) is 0. The summed E-state index contributed by atoms with van der Waals surface area (Å²) < 4.78 is 0. The van der Waals surface area contributed by atoms with E-state index in [1.54, 1.807) is 0 Å². The molecule has 0 aromatic rings. The van der Waals surface area contributed by atoms with Crippen LogP contribution < -0.4 is 0 Å². The van der Waals surface area contributed by atoms with E-state index < -0.39 is 0 Å². The fourth-order valence-corrected chi connectivity index (χ4v) is 1.83. The molecule has 0 aliphatic heterocycles. The molecule has 530 valence electrons. The second-order valence-corrected chi connectivity index (χ2v) is 9.33. The highest BCUT2D eigenvalue weighted by atomic mass is 15.8. The molecule has 0 amide bonds. The summed E-state index contributed by atoms with van der Waals surface area (Å²) in [6.45, 7) is 0. The largest absolute Gasteiger partial charge is 0.227 e. The Morgan fingerprint density at radius 1 is 0.0943 bits per heavy atom. The maximum absolute atomic E-state index is 8.03. The standard InChI is InChI=1S/CHN105/c2-1-4-6-8-10-12-14-16-18-20-22-24-26-28-30-32-34-36-38-40-42-44-46-48-50-52-54-56-58-60-62-64-66-68-70-72-74-76-78-80-82-84-86-88-90-92-94-96-98-100-102-104-106-105-103-101-99-97-95-93-91-89-87-85-83-81-79-77-75-73-71-69-67-65-63-61-59-57-55-53-51-49-47-45-43-41-39-37-35-33-31-29-27-25-23-21-19-17-15-13-11-9-7-5-3/h3H/b5-3?,6-4?,9-7+,10-8+,13-11+,14-12+,17-15+,18-16+,21-19+,22-20+,25-23+,26-24+,29-27+,30-28+,33-31+,34-32+,37-35+,38-36+,41-39+,42-40+,45-43+,46-44+,49-47+,50-48+,53-51+,54-52+,57-55+,58-56+,61-59+,62-60+,65-63+,66-64+,69-67+,70-68+,73-71+,74-72+,77-75+,78-76+,81-79+,82-80+,85-83+,86-84+,89-87+,90-88+,93-91+,94-92+,97-95+,98-96+,101-99+,102-100+,105-103+,106-104+. The molecule has 0 saturated carbocycles. The van der Waals surface area contributed by atoms with Gasteiger partial charge in [0.1, 0.15) is 0 Å². The molecule has 0 aromatic carbocycles. The molecule has 106 heavy (non-hydrogen) atoms. The van der Waals surface area contributed by atoms with E-state index in [4.69, 9.17) is 10.8 Å². The first kappa shape index (κ1) is 84.7. The quantitative estimate of drug-likeness (QED) is 0.0346. The summed E-state index contributed by atoms with van der Waals surface area (Å²) in [4.78, 5) is 0. The topological polar surface area (TPSA) is 1320 Å². The molecule has 0 fully saturated rings. The van der Waals surface area contributed by atoms with Gasteiger partial charge in [0.15, 0.2) is 0 Å². The van der Waals surface area contributed by atoms with Gasteiger partial charge in [-0.3, -0.25) is 0 Å². The minimum absolute atomic E-state index is 1.31. The molecule has 0 aromatic heterocycles. The average Bonchev–Trinajstić information content (AvgIpc) is 3.85. The molecule has 0 saturated heterocycles. The van der Waals surface area contributed by atoms with Crippen LogP contribution in [0.4, 0.5) is 0 Å². The van der Waals surface area contributed by atoms with Crippen LogP contribution in [0.25, 0.3) is 0 Å². The minimum Gasteiger partial charge on any atom is -0.183 e. The highest BCUT2D eigenvalue weighted by Crippen LogP contribution is 1.99. The number of nitriles is 1. The van der Waals surface area contributed by atoms with Gasteiger partial charge in [0.05, 0.1) is 0 Å². The van der Waals surface area contributed by atoms with Gasteiger partial charge in [-0.2, -0.15) is 10.8 Å². The predicted octanol–water partition coefficient (Wildman–Crippen LogP) is 19.2. The van der Waals surface area contributed by atoms with E-state index in [0.717, 1.165) is 0 Å². The van der Waals surface area contributed by atoms with Gasteiger partial charge in [0.25, 0.3) is 0 Å². The first-order valence-corrected chi connectivity index (χ1v) is 21.1. The zero-order valence-corrected chi connectivity index (χ0v) is 47.5. The van der Waals surface area contributed by atoms with Gasteiger partial charge >= 0.3 is 0 Å². The molecule has 0 aliphatic carbocycles. The van der Waals surface area contributed by atoms with E-state index in [2.05, 4.69) is 538 Å². The highest BCUT2D eigenvalue weighted by molar-refractivity contribution is 4.56. The van der Waals surface area contributed by atoms with Gasteiger partial charge < -0.3 is 0 Å². The summed E-state index contributed by atoms with van der Waals surface area (Å²) in [6.07, 6.45) is 1.31. The van der Waals surface area contributed by atoms with Crippen LogP contribution in [-0.4, -0.2) is 0 Å². The van der Waals surface area contributed by atoms with E-state index in [-0.39, 0.29) is 0 Å². The van der Waals surface area contributed by atoms with Crippen LogP contribution >= 0.6 is 0 Å². The van der Waals surface area contributed by atoms with Gasteiger partial charge in [-0.1, -0.05) is 0 Å². The predicted molar refractivity (Wildman–Crippen MR) is 258 cm³/mol. The van der Waals surface area contributed by atoms with Crippen LogP contribution in [0.5, 0.6) is 0 Å². The Morgan fingerprint density at radius 3 is 0.208 bits per heavy atom. The molecule has 0 aliphatic rings. The summed E-state index contributed by atoms with van der Waals surface area (Å²) in [5.41, 5.74) is 6.27. The van der Waals surface area contributed by atoms with Gasteiger partial charge in [-0.05, 0) is 88.7 Å². The fraction of sp³-hybridized carbons (Fsp3) is 0. The van der Waals surface area contributed by atoms with Crippen molar-refractivity contribution in [3.05, 3.63) is 0 Å². The van der Waals surface area contributed by atoms with Crippen molar-refractivity contribution in [1.82, 2.24) is 0 Å². The number of nitrogens with one attached hydrogen (secondary N) is 1. The first-order chi connectivity index (χ1) is 52.9. The summed E-state index contributed by atoms with van der Waals surface area (Å²) in [5, 5.41) is 315. The maximum atomic E-state index is 8.03. The van der Waals surface area contributed by atoms with Gasteiger partial charge in [0, 0.05) is 449 Å². The normalized spacial score (nSPS) is 15.5. The van der Waals surface area contributed by atoms with E-state index in [0.29, 0.717) is 0 Å². The number of hydrogen-bond donors (Lipinski definition) is 1. The minimum atomic E-state index is 1.31. The van der Waals surface area contributed by atoms with Crippen LogP contribution in [-0.2, 0) is 0 Å². The molecule has 0 unspecified atom stereocenters. The zero-order valence-electron chi connectivity index (χ0n) is 47.5. The number of nitrogens with zero attached hydrogens (tertiary/aromatic N) is 104. The molecule has 0 rings (SSSR count). The van der Waals surface area contributed by atoms with E-state index in [1.807, 2.05) is 0 Å². The molecular formula is CHN105. The molecule has 105 heteroatoms. The molecular weight excluding hydrogens is 1480 g/mol. The van der Waals surface area contributed by atoms with Crippen molar-refractivity contribution in [2.45, 2.75) is 0 Å². The SMILES string of the molecule is N#CN=N/N=N/N=N/N=N/N=N/N=N/N=N/N=N/N=N/N=N/N=N/N=N/N=N/N=N/N=N/N=N/N=N/N=N/N=N/N=N/N=N/N=N/N=N/N=N/N=N/N=N/N=N/N=N/N=N/N=N/N=N/N=N/N=N/N=N/N=N/N=N/N=N/N=N/N=N/N=N/N=N/N=N/N=N/N=N/N=N/N=N/N=N/N=N/N=N/N=N/N=N/N=N. The Kier molecular flexibility index (Phi) is 66.9. The second-order valence-electron chi connectivity index (χ2n) is 9.33. The maximum Gasteiger partial charge on any atom is 0.227 e. The van der Waals surface area contributed by atoms with Crippen molar-refractivity contribution in [1.29, 1.82) is 10.8 Å². The summed E-state index contributed by atoms with van der Waals surface area (Å²) in [7, 11) is 0. The highest BCUT2D eigenvalue weighted by Gasteiger charge is 1.80. The molecule has 0 heterocycles. The second kappa shape index (κ2) is 83.7. The van der Waals surface area contributed by atoms with Gasteiger partial charge in [-0.25, -0.2) is 0 Å². The summed E-state index contributed by atoms with van der Waals surface area (Å²) in [5.74, 6) is 0. The van der Waals surface area contributed by atoms with Crippen molar-refractivity contribution in [3.63, 3.8) is 0 Å². The molecule has 0 radical (unpaired) electrons. The zero-order chi connectivity index (χ0) is 75.5. The molecule has 105 nitrogen and oxygen atoms in total. The van der Waals surface area contributed by atoms with Crippen LogP contribution in [0.3, 0.4) is 0 Å².